The van der Waals surface area contributed by atoms with Gasteiger partial charge in [-0.25, -0.2) is 19.9 Å². The molecule has 2 fully saturated rings. The van der Waals surface area contributed by atoms with Crippen LogP contribution >= 0.6 is 39.1 Å². The van der Waals surface area contributed by atoms with Gasteiger partial charge in [0.05, 0.1) is 14.5 Å². The van der Waals surface area contributed by atoms with Gasteiger partial charge in [-0.2, -0.15) is 0 Å². The molecule has 2 atom stereocenters. The number of carbonyl (C=O) groups excluding carboxylic acids is 2. The third-order valence-electron chi connectivity index (χ3n) is 10.1. The van der Waals surface area contributed by atoms with Crippen LogP contribution < -0.4 is 32.8 Å². The minimum Gasteiger partial charge on any atom is -0.384 e. The summed E-state index contributed by atoms with van der Waals surface area (Å²) in [7, 11) is 0. The molecule has 0 radical (unpaired) electrons. The lowest BCUT2D eigenvalue weighted by Crippen LogP contribution is -2.50. The van der Waals surface area contributed by atoms with E-state index in [1.54, 1.807) is 24.5 Å². The van der Waals surface area contributed by atoms with Gasteiger partial charge < -0.3 is 21.7 Å². The van der Waals surface area contributed by atoms with Gasteiger partial charge in [-0.15, -0.1) is 0 Å². The van der Waals surface area contributed by atoms with Crippen LogP contribution in [0, 0.1) is 11.8 Å². The Kier molecular flexibility index (Phi) is 10.5. The standard InChI is InChI=1S/C17H18ClN5O2.C13H14BrClN2O2.C4H5N3/c1-17(10-4-2-3-5-10)22-15(24)14-11(18)8-12(16(25)23(14)17)21-13-6-7-19-9-20-13;1-13(7-4-2-3-5-7)16-11(18)10-9(15)6-8(14)12(19)17(10)13;5-4-1-2-6-3-7-4/h6-10H,2-5H2,1H3,(H,22,24)(H,19,20,21);6-7H,2-5H2,1H3,(H,16,18);1-3H,(H2,5,6,7). The molecule has 6 heterocycles. The number of nitrogen functional groups attached to an aromatic ring is 1. The molecule has 14 nitrogen and oxygen atoms in total. The smallest absolute Gasteiger partial charge is 0.276 e. The van der Waals surface area contributed by atoms with Crippen molar-refractivity contribution in [2.75, 3.05) is 11.1 Å². The van der Waals surface area contributed by atoms with E-state index in [1.165, 1.54) is 33.9 Å². The summed E-state index contributed by atoms with van der Waals surface area (Å²) >= 11 is 15.7. The first-order chi connectivity index (χ1) is 24.3. The Morgan fingerprint density at radius 1 is 0.784 bits per heavy atom. The number of hydrogen-bond acceptors (Lipinski definition) is 10. The predicted octanol–water partition coefficient (Wildman–Crippen LogP) is 5.57. The zero-order valence-electron chi connectivity index (χ0n) is 28.0. The minimum absolute atomic E-state index is 0.202. The average Bonchev–Trinajstić information content (AvgIpc) is 3.91. The van der Waals surface area contributed by atoms with Crippen molar-refractivity contribution in [3.63, 3.8) is 0 Å². The van der Waals surface area contributed by atoms with Crippen LogP contribution in [0.2, 0.25) is 10.0 Å². The number of nitrogens with two attached hydrogens (primary N) is 1. The summed E-state index contributed by atoms with van der Waals surface area (Å²) in [6.45, 7) is 3.82. The molecule has 2 unspecified atom stereocenters. The van der Waals surface area contributed by atoms with E-state index >= 15 is 0 Å². The first kappa shape index (κ1) is 36.5. The number of nitrogens with one attached hydrogen (secondary N) is 3. The lowest BCUT2D eigenvalue weighted by molar-refractivity contribution is 0.0865. The van der Waals surface area contributed by atoms with E-state index in [2.05, 4.69) is 51.8 Å². The van der Waals surface area contributed by atoms with Gasteiger partial charge in [0.15, 0.2) is 0 Å². The summed E-state index contributed by atoms with van der Waals surface area (Å²) in [6, 6.07) is 6.28. The van der Waals surface area contributed by atoms with Crippen molar-refractivity contribution in [3.8, 4) is 0 Å². The third-order valence-corrected chi connectivity index (χ3v) is 11.3. The number of carbonyl (C=O) groups is 2. The number of aromatic nitrogens is 6. The van der Waals surface area contributed by atoms with E-state index in [0.29, 0.717) is 21.1 Å². The Hall–Kier alpha value is -4.34. The summed E-state index contributed by atoms with van der Waals surface area (Å²) in [5.74, 6) is 0.925. The highest BCUT2D eigenvalue weighted by atomic mass is 79.9. The molecule has 0 bridgehead atoms. The molecule has 8 rings (SSSR count). The number of rotatable bonds is 4. The second kappa shape index (κ2) is 14.7. The van der Waals surface area contributed by atoms with Gasteiger partial charge in [-0.3, -0.25) is 28.3 Å². The Morgan fingerprint density at radius 3 is 1.73 bits per heavy atom. The molecule has 4 aromatic rings. The van der Waals surface area contributed by atoms with Gasteiger partial charge in [-0.1, -0.05) is 48.9 Å². The highest BCUT2D eigenvalue weighted by Gasteiger charge is 2.48. The lowest BCUT2D eigenvalue weighted by atomic mass is 9.92. The molecule has 4 aromatic heterocycles. The highest BCUT2D eigenvalue weighted by molar-refractivity contribution is 9.10. The van der Waals surface area contributed by atoms with Crippen LogP contribution in [-0.2, 0) is 11.3 Å². The molecule has 51 heavy (non-hydrogen) atoms. The van der Waals surface area contributed by atoms with Crippen LogP contribution in [-0.4, -0.2) is 40.9 Å². The maximum Gasteiger partial charge on any atom is 0.276 e. The minimum atomic E-state index is -0.757. The Morgan fingerprint density at radius 2 is 1.27 bits per heavy atom. The van der Waals surface area contributed by atoms with Crippen molar-refractivity contribution in [2.24, 2.45) is 11.8 Å². The van der Waals surface area contributed by atoms with E-state index in [9.17, 15) is 19.2 Å². The fourth-order valence-corrected chi connectivity index (χ4v) is 8.67. The number of nitrogens with zero attached hydrogens (tertiary/aromatic N) is 6. The Labute approximate surface area is 311 Å². The van der Waals surface area contributed by atoms with Gasteiger partial charge in [0.1, 0.15) is 52.7 Å². The van der Waals surface area contributed by atoms with Gasteiger partial charge in [0, 0.05) is 24.2 Å². The maximum atomic E-state index is 13.1. The molecular weight excluding hydrogens is 763 g/mol. The van der Waals surface area contributed by atoms with E-state index < -0.39 is 11.3 Å². The summed E-state index contributed by atoms with van der Waals surface area (Å²) < 4.78 is 3.46. The van der Waals surface area contributed by atoms with Crippen molar-refractivity contribution in [3.05, 3.63) is 95.9 Å². The number of anilines is 3. The fraction of sp³-hybridized carbons (Fsp3) is 0.412. The summed E-state index contributed by atoms with van der Waals surface area (Å²) in [6.07, 6.45) is 14.5. The van der Waals surface area contributed by atoms with Gasteiger partial charge >= 0.3 is 0 Å². The van der Waals surface area contributed by atoms with E-state index in [0.717, 1.165) is 51.4 Å². The molecule has 2 amide bonds. The van der Waals surface area contributed by atoms with Crippen LogP contribution in [0.15, 0.2) is 63.4 Å². The largest absolute Gasteiger partial charge is 0.384 e. The van der Waals surface area contributed by atoms with Gasteiger partial charge in [-0.05, 0) is 79.7 Å². The molecule has 0 saturated heterocycles. The molecule has 0 spiro atoms. The number of pyridine rings is 2. The van der Waals surface area contributed by atoms with Crippen LogP contribution in [0.25, 0.3) is 0 Å². The van der Waals surface area contributed by atoms with Crippen molar-refractivity contribution in [2.45, 2.75) is 76.5 Å². The van der Waals surface area contributed by atoms with Crippen LogP contribution in [0.3, 0.4) is 0 Å². The number of halogens is 3. The first-order valence-corrected chi connectivity index (χ1v) is 18.2. The van der Waals surface area contributed by atoms with Crippen LogP contribution in [0.5, 0.6) is 0 Å². The number of fused-ring (bicyclic) bond motifs is 2. The van der Waals surface area contributed by atoms with E-state index in [4.69, 9.17) is 28.9 Å². The molecule has 268 valence electrons. The maximum absolute atomic E-state index is 13.1. The number of amides is 2. The summed E-state index contributed by atoms with van der Waals surface area (Å²) in [4.78, 5) is 65.4. The molecule has 2 aliphatic heterocycles. The molecule has 2 aliphatic carbocycles. The second-order valence-corrected chi connectivity index (χ2v) is 14.9. The van der Waals surface area contributed by atoms with E-state index in [-0.39, 0.29) is 56.9 Å². The average molecular weight is 801 g/mol. The quantitative estimate of drug-likeness (QED) is 0.203. The molecular formula is C34H37BrCl2N10O4. The lowest BCUT2D eigenvalue weighted by Gasteiger charge is -2.33. The predicted molar refractivity (Wildman–Crippen MR) is 197 cm³/mol. The van der Waals surface area contributed by atoms with Crippen molar-refractivity contribution >= 4 is 68.3 Å². The SMILES string of the molecule is CC1(C2CCCC2)NC(=O)c2c(Cl)cc(Br)c(=O)n21.CC1(C2CCCC2)NC(=O)c2c(Cl)cc(Nc3ccncn3)c(=O)n21.Nc1ccncn1. The topological polar surface area (TPSA) is 192 Å². The van der Waals surface area contributed by atoms with Crippen molar-refractivity contribution in [1.29, 1.82) is 0 Å². The second-order valence-electron chi connectivity index (χ2n) is 13.2. The van der Waals surface area contributed by atoms with Crippen molar-refractivity contribution in [1.82, 2.24) is 39.7 Å². The molecule has 2 saturated carbocycles. The summed E-state index contributed by atoms with van der Waals surface area (Å²) in [5.41, 5.74) is 4.10. The summed E-state index contributed by atoms with van der Waals surface area (Å²) in [5, 5.41) is 9.50. The van der Waals surface area contributed by atoms with Gasteiger partial charge in [0.2, 0.25) is 0 Å². The zero-order valence-corrected chi connectivity index (χ0v) is 31.1. The molecule has 4 aliphatic rings. The van der Waals surface area contributed by atoms with Crippen LogP contribution in [0.1, 0.15) is 86.2 Å². The monoisotopic (exact) mass is 798 g/mol. The molecule has 5 N–H and O–H groups in total. The number of hydrogen-bond donors (Lipinski definition) is 4. The molecule has 17 heteroatoms. The highest BCUT2D eigenvalue weighted by Crippen LogP contribution is 2.42. The molecule has 0 aromatic carbocycles. The van der Waals surface area contributed by atoms with Crippen LogP contribution in [0.4, 0.5) is 17.3 Å². The first-order valence-electron chi connectivity index (χ1n) is 16.6. The third kappa shape index (κ3) is 6.98. The van der Waals surface area contributed by atoms with Crippen molar-refractivity contribution < 1.29 is 9.59 Å². The fourth-order valence-electron chi connectivity index (χ4n) is 7.58. The Balaban J connectivity index is 0.000000151. The van der Waals surface area contributed by atoms with E-state index in [1.807, 2.05) is 13.8 Å². The normalized spacial score (nSPS) is 22.2. The van der Waals surface area contributed by atoms with Gasteiger partial charge in [0.25, 0.3) is 22.9 Å². The Bertz CT molecular complexity index is 2070. The zero-order chi connectivity index (χ0) is 36.5.